The van der Waals surface area contributed by atoms with Gasteiger partial charge >= 0.3 is 0 Å². The maximum absolute atomic E-state index is 11.6. The van der Waals surface area contributed by atoms with Crippen molar-refractivity contribution >= 4 is 9.84 Å². The maximum Gasteiger partial charge on any atom is 0.154 e. The van der Waals surface area contributed by atoms with Crippen molar-refractivity contribution in [2.24, 2.45) is 11.7 Å². The third-order valence-corrected chi connectivity index (χ3v) is 5.27. The average molecular weight is 205 g/mol. The fraction of sp³-hybridized carbons (Fsp3) is 1.00. The number of nitrogens with two attached hydrogens (primary N) is 1. The molecular weight excluding hydrogens is 186 g/mol. The number of rotatable bonds is 2. The van der Waals surface area contributed by atoms with E-state index in [2.05, 4.69) is 6.92 Å². The van der Waals surface area contributed by atoms with E-state index in [1.807, 2.05) is 0 Å². The Bertz CT molecular complexity index is 261. The van der Waals surface area contributed by atoms with Gasteiger partial charge in [-0.05, 0) is 25.2 Å². The second-order valence-corrected chi connectivity index (χ2v) is 6.58. The first kappa shape index (κ1) is 11.0. The fourth-order valence-corrected chi connectivity index (χ4v) is 3.62. The minimum atomic E-state index is -2.92. The number of sulfone groups is 1. The van der Waals surface area contributed by atoms with E-state index in [1.165, 1.54) is 0 Å². The zero-order valence-corrected chi connectivity index (χ0v) is 9.18. The molecule has 78 valence electrons. The molecule has 3 unspecified atom stereocenters. The Morgan fingerprint density at radius 2 is 2.00 bits per heavy atom. The summed E-state index contributed by atoms with van der Waals surface area (Å²) in [6.45, 7) is 3.83. The average Bonchev–Trinajstić information content (AvgIpc) is 2.03. The molecule has 2 N–H and O–H groups in total. The Morgan fingerprint density at radius 3 is 2.46 bits per heavy atom. The Hall–Kier alpha value is -0.0900. The highest BCUT2D eigenvalue weighted by molar-refractivity contribution is 7.92. The van der Waals surface area contributed by atoms with Gasteiger partial charge in [-0.1, -0.05) is 13.8 Å². The van der Waals surface area contributed by atoms with Crippen LogP contribution in [0.25, 0.3) is 0 Å². The van der Waals surface area contributed by atoms with Gasteiger partial charge in [-0.15, -0.1) is 0 Å². The molecule has 1 fully saturated rings. The first-order valence-corrected chi connectivity index (χ1v) is 6.66. The predicted octanol–water partition coefficient (Wildman–Crippen LogP) is 0.937. The SMILES string of the molecule is CCS(=O)(=O)C1CCC(C)CC1N. The zero-order valence-electron chi connectivity index (χ0n) is 8.36. The molecule has 3 atom stereocenters. The highest BCUT2D eigenvalue weighted by Crippen LogP contribution is 2.27. The largest absolute Gasteiger partial charge is 0.327 e. The molecule has 0 radical (unpaired) electrons. The molecular formula is C9H19NO2S. The lowest BCUT2D eigenvalue weighted by atomic mass is 9.87. The summed E-state index contributed by atoms with van der Waals surface area (Å²) in [4.78, 5) is 0. The van der Waals surface area contributed by atoms with Gasteiger partial charge in [0.25, 0.3) is 0 Å². The molecule has 0 aliphatic heterocycles. The van der Waals surface area contributed by atoms with E-state index in [9.17, 15) is 8.42 Å². The van der Waals surface area contributed by atoms with E-state index in [0.717, 1.165) is 19.3 Å². The monoisotopic (exact) mass is 205 g/mol. The van der Waals surface area contributed by atoms with E-state index in [-0.39, 0.29) is 17.0 Å². The quantitative estimate of drug-likeness (QED) is 0.729. The summed E-state index contributed by atoms with van der Waals surface area (Å²) >= 11 is 0. The summed E-state index contributed by atoms with van der Waals surface area (Å²) < 4.78 is 23.2. The van der Waals surface area contributed by atoms with Gasteiger partial charge in [0, 0.05) is 11.8 Å². The Kier molecular flexibility index (Phi) is 3.35. The van der Waals surface area contributed by atoms with Crippen molar-refractivity contribution < 1.29 is 8.42 Å². The zero-order chi connectivity index (χ0) is 10.1. The van der Waals surface area contributed by atoms with Crippen LogP contribution in [0.2, 0.25) is 0 Å². The van der Waals surface area contributed by atoms with Crippen LogP contribution in [-0.2, 0) is 9.84 Å². The smallest absolute Gasteiger partial charge is 0.154 e. The van der Waals surface area contributed by atoms with E-state index < -0.39 is 9.84 Å². The molecule has 3 nitrogen and oxygen atoms in total. The van der Waals surface area contributed by atoms with Crippen molar-refractivity contribution in [3.63, 3.8) is 0 Å². The van der Waals surface area contributed by atoms with Gasteiger partial charge in [-0.25, -0.2) is 8.42 Å². The molecule has 1 aliphatic carbocycles. The van der Waals surface area contributed by atoms with Gasteiger partial charge in [-0.2, -0.15) is 0 Å². The van der Waals surface area contributed by atoms with Gasteiger partial charge in [0.15, 0.2) is 9.84 Å². The molecule has 0 aromatic heterocycles. The van der Waals surface area contributed by atoms with Crippen molar-refractivity contribution in [3.05, 3.63) is 0 Å². The molecule has 1 saturated carbocycles. The summed E-state index contributed by atoms with van der Waals surface area (Å²) in [5, 5.41) is -0.284. The summed E-state index contributed by atoms with van der Waals surface area (Å²) in [5.41, 5.74) is 5.85. The van der Waals surface area contributed by atoms with Crippen molar-refractivity contribution in [3.8, 4) is 0 Å². The van der Waals surface area contributed by atoms with Crippen LogP contribution in [0, 0.1) is 5.92 Å². The van der Waals surface area contributed by atoms with Crippen LogP contribution in [0.5, 0.6) is 0 Å². The van der Waals surface area contributed by atoms with Crippen molar-refractivity contribution in [2.45, 2.75) is 44.4 Å². The lowest BCUT2D eigenvalue weighted by Crippen LogP contribution is -2.45. The minimum absolute atomic E-state index is 0.145. The van der Waals surface area contributed by atoms with Crippen LogP contribution < -0.4 is 5.73 Å². The number of hydrogen-bond acceptors (Lipinski definition) is 3. The Morgan fingerprint density at radius 1 is 1.38 bits per heavy atom. The number of hydrogen-bond donors (Lipinski definition) is 1. The molecule has 0 aromatic carbocycles. The third-order valence-electron chi connectivity index (χ3n) is 2.96. The van der Waals surface area contributed by atoms with Crippen LogP contribution >= 0.6 is 0 Å². The van der Waals surface area contributed by atoms with Gasteiger partial charge < -0.3 is 5.73 Å². The summed E-state index contributed by atoms with van der Waals surface area (Å²) in [5.74, 6) is 0.804. The molecule has 4 heteroatoms. The van der Waals surface area contributed by atoms with E-state index >= 15 is 0 Å². The lowest BCUT2D eigenvalue weighted by Gasteiger charge is -2.31. The molecule has 0 heterocycles. The van der Waals surface area contributed by atoms with Crippen molar-refractivity contribution in [2.75, 3.05) is 5.75 Å². The standard InChI is InChI=1S/C9H19NO2S/c1-3-13(11,12)9-5-4-7(2)6-8(9)10/h7-9H,3-6,10H2,1-2H3. The van der Waals surface area contributed by atoms with Crippen LogP contribution in [0.4, 0.5) is 0 Å². The van der Waals surface area contributed by atoms with Crippen molar-refractivity contribution in [1.82, 2.24) is 0 Å². The van der Waals surface area contributed by atoms with E-state index in [4.69, 9.17) is 5.73 Å². The van der Waals surface area contributed by atoms with Gasteiger partial charge in [0.2, 0.25) is 0 Å². The molecule has 1 rings (SSSR count). The second kappa shape index (κ2) is 3.96. The maximum atomic E-state index is 11.6. The van der Waals surface area contributed by atoms with Gasteiger partial charge in [0.05, 0.1) is 5.25 Å². The lowest BCUT2D eigenvalue weighted by molar-refractivity contribution is 0.343. The fourth-order valence-electron chi connectivity index (χ4n) is 2.06. The first-order valence-electron chi connectivity index (χ1n) is 4.94. The summed E-state index contributed by atoms with van der Waals surface area (Å²) in [6.07, 6.45) is 2.60. The summed E-state index contributed by atoms with van der Waals surface area (Å²) in [6, 6.07) is -0.145. The Balaban J connectivity index is 2.72. The molecule has 13 heavy (non-hydrogen) atoms. The molecule has 0 aromatic rings. The molecule has 0 bridgehead atoms. The van der Waals surface area contributed by atoms with E-state index in [0.29, 0.717) is 5.92 Å². The molecule has 0 saturated heterocycles. The van der Waals surface area contributed by atoms with Gasteiger partial charge in [-0.3, -0.25) is 0 Å². The summed E-state index contributed by atoms with van der Waals surface area (Å²) in [7, 11) is -2.92. The normalized spacial score (nSPS) is 36.1. The van der Waals surface area contributed by atoms with Crippen LogP contribution in [0.15, 0.2) is 0 Å². The Labute approximate surface area is 80.6 Å². The minimum Gasteiger partial charge on any atom is -0.327 e. The third kappa shape index (κ3) is 2.44. The second-order valence-electron chi connectivity index (χ2n) is 4.07. The predicted molar refractivity (Wildman–Crippen MR) is 54.2 cm³/mol. The highest BCUT2D eigenvalue weighted by atomic mass is 32.2. The van der Waals surface area contributed by atoms with Crippen LogP contribution in [0.1, 0.15) is 33.1 Å². The molecule has 1 aliphatic rings. The molecule has 0 spiro atoms. The van der Waals surface area contributed by atoms with Crippen LogP contribution in [0.3, 0.4) is 0 Å². The topological polar surface area (TPSA) is 60.2 Å². The van der Waals surface area contributed by atoms with E-state index in [1.54, 1.807) is 6.92 Å². The highest BCUT2D eigenvalue weighted by Gasteiger charge is 2.34. The van der Waals surface area contributed by atoms with Gasteiger partial charge in [0.1, 0.15) is 0 Å². The molecule has 0 amide bonds. The van der Waals surface area contributed by atoms with Crippen LogP contribution in [-0.4, -0.2) is 25.5 Å². The first-order chi connectivity index (χ1) is 5.97. The van der Waals surface area contributed by atoms with Crippen molar-refractivity contribution in [1.29, 1.82) is 0 Å².